The number of nitro groups is 1. The van der Waals surface area contributed by atoms with E-state index >= 15 is 0 Å². The number of hydrogen-bond donors (Lipinski definition) is 2. The number of aromatic hydroxyl groups is 1. The minimum Gasteiger partial charge on any atom is -0.502 e. The van der Waals surface area contributed by atoms with Gasteiger partial charge in [-0.25, -0.2) is 5.43 Å². The van der Waals surface area contributed by atoms with Crippen molar-refractivity contribution in [1.82, 2.24) is 5.43 Å². The van der Waals surface area contributed by atoms with Crippen LogP contribution in [0.4, 0.5) is 5.69 Å². The Morgan fingerprint density at radius 3 is 2.75 bits per heavy atom. The highest BCUT2D eigenvalue weighted by Crippen LogP contribution is 2.25. The Bertz CT molecular complexity index is 1010. The van der Waals surface area contributed by atoms with Crippen LogP contribution in [0.3, 0.4) is 0 Å². The smallest absolute Gasteiger partial charge is 0.311 e. The van der Waals surface area contributed by atoms with E-state index in [1.807, 2.05) is 18.2 Å². The van der Waals surface area contributed by atoms with Gasteiger partial charge in [0, 0.05) is 11.6 Å². The second kappa shape index (κ2) is 8.49. The standard InChI is InChI=1S/C19H15N3O6/c23-17-8-6-13(10-16(17)22(25)26)11-20-21-19(24)18-9-7-15(28-18)12-27-14-4-2-1-3-5-14/h1-11,23H,12H2,(H,21,24)/b20-11+. The van der Waals surface area contributed by atoms with Crippen molar-refractivity contribution in [3.05, 3.63) is 87.9 Å². The summed E-state index contributed by atoms with van der Waals surface area (Å²) in [5.41, 5.74) is 2.14. The van der Waals surface area contributed by atoms with Crippen LogP contribution in [-0.4, -0.2) is 22.2 Å². The molecule has 0 aliphatic heterocycles. The lowest BCUT2D eigenvalue weighted by Gasteiger charge is -2.03. The topological polar surface area (TPSA) is 127 Å². The largest absolute Gasteiger partial charge is 0.502 e. The number of nitrogens with zero attached hydrogens (tertiary/aromatic N) is 2. The van der Waals surface area contributed by atoms with E-state index in [-0.39, 0.29) is 12.4 Å². The molecule has 9 heteroatoms. The number of carbonyl (C=O) groups is 1. The fourth-order valence-electron chi connectivity index (χ4n) is 2.24. The molecule has 2 N–H and O–H groups in total. The molecule has 3 rings (SSSR count). The number of amides is 1. The van der Waals surface area contributed by atoms with Gasteiger partial charge in [0.05, 0.1) is 11.1 Å². The fraction of sp³-hybridized carbons (Fsp3) is 0.0526. The fourth-order valence-corrected chi connectivity index (χ4v) is 2.24. The van der Waals surface area contributed by atoms with Gasteiger partial charge >= 0.3 is 11.6 Å². The minimum atomic E-state index is -0.715. The number of phenols is 1. The van der Waals surface area contributed by atoms with E-state index in [1.165, 1.54) is 24.4 Å². The summed E-state index contributed by atoms with van der Waals surface area (Å²) in [7, 11) is 0. The Hall–Kier alpha value is -4.14. The SMILES string of the molecule is O=C(N/N=C/c1ccc(O)c([N+](=O)[O-])c1)c1ccc(COc2ccccc2)o1. The normalized spacial score (nSPS) is 10.7. The quantitative estimate of drug-likeness (QED) is 0.367. The van der Waals surface area contributed by atoms with Crippen molar-refractivity contribution in [3.8, 4) is 11.5 Å². The number of rotatable bonds is 7. The summed E-state index contributed by atoms with van der Waals surface area (Å²) in [6.45, 7) is 0.164. The molecule has 2 aromatic carbocycles. The van der Waals surface area contributed by atoms with Crippen molar-refractivity contribution >= 4 is 17.8 Å². The van der Waals surface area contributed by atoms with Crippen molar-refractivity contribution in [3.63, 3.8) is 0 Å². The zero-order valence-electron chi connectivity index (χ0n) is 14.4. The third kappa shape index (κ3) is 4.73. The molecule has 0 aliphatic carbocycles. The van der Waals surface area contributed by atoms with Crippen LogP contribution >= 0.6 is 0 Å². The first-order valence-corrected chi connectivity index (χ1v) is 8.10. The van der Waals surface area contributed by atoms with Crippen LogP contribution in [0.5, 0.6) is 11.5 Å². The Balaban J connectivity index is 1.56. The maximum atomic E-state index is 12.0. The number of para-hydroxylation sites is 1. The lowest BCUT2D eigenvalue weighted by atomic mass is 10.2. The molecule has 0 atom stereocenters. The second-order valence-corrected chi connectivity index (χ2v) is 5.57. The average molecular weight is 381 g/mol. The average Bonchev–Trinajstić information content (AvgIpc) is 3.17. The maximum Gasteiger partial charge on any atom is 0.311 e. The predicted molar refractivity (Wildman–Crippen MR) is 99.3 cm³/mol. The zero-order valence-corrected chi connectivity index (χ0v) is 14.4. The van der Waals surface area contributed by atoms with Crippen LogP contribution in [0.2, 0.25) is 0 Å². The number of benzene rings is 2. The van der Waals surface area contributed by atoms with Crippen LogP contribution in [0.25, 0.3) is 0 Å². The van der Waals surface area contributed by atoms with E-state index in [0.717, 1.165) is 6.07 Å². The number of hydrazone groups is 1. The molecule has 28 heavy (non-hydrogen) atoms. The lowest BCUT2D eigenvalue weighted by Crippen LogP contribution is -2.16. The molecule has 0 unspecified atom stereocenters. The first kappa shape index (κ1) is 18.6. The first-order valence-electron chi connectivity index (χ1n) is 8.10. The summed E-state index contributed by atoms with van der Waals surface area (Å²) in [4.78, 5) is 22.1. The van der Waals surface area contributed by atoms with Crippen molar-refractivity contribution in [1.29, 1.82) is 0 Å². The van der Waals surface area contributed by atoms with Gasteiger partial charge < -0.3 is 14.3 Å². The Kier molecular flexibility index (Phi) is 5.66. The van der Waals surface area contributed by atoms with Gasteiger partial charge in [0.25, 0.3) is 0 Å². The summed E-state index contributed by atoms with van der Waals surface area (Å²) in [6, 6.07) is 16.0. The van der Waals surface area contributed by atoms with Crippen molar-refractivity contribution < 1.29 is 24.0 Å². The van der Waals surface area contributed by atoms with E-state index in [4.69, 9.17) is 9.15 Å². The van der Waals surface area contributed by atoms with Gasteiger partial charge in [-0.2, -0.15) is 5.10 Å². The van der Waals surface area contributed by atoms with Gasteiger partial charge in [0.1, 0.15) is 18.1 Å². The highest BCUT2D eigenvalue weighted by atomic mass is 16.6. The van der Waals surface area contributed by atoms with E-state index in [9.17, 15) is 20.0 Å². The van der Waals surface area contributed by atoms with Crippen LogP contribution in [-0.2, 0) is 6.61 Å². The molecule has 0 saturated heterocycles. The Morgan fingerprint density at radius 2 is 2.00 bits per heavy atom. The summed E-state index contributed by atoms with van der Waals surface area (Å²) >= 11 is 0. The van der Waals surface area contributed by atoms with Gasteiger partial charge in [-0.1, -0.05) is 18.2 Å². The van der Waals surface area contributed by atoms with Crippen molar-refractivity contribution in [2.75, 3.05) is 0 Å². The minimum absolute atomic E-state index is 0.0421. The number of ether oxygens (including phenoxy) is 1. The first-order chi connectivity index (χ1) is 13.5. The number of nitro benzene ring substituents is 1. The third-order valence-electron chi connectivity index (χ3n) is 3.59. The number of furan rings is 1. The van der Waals surface area contributed by atoms with Crippen LogP contribution in [0, 0.1) is 10.1 Å². The molecule has 1 aromatic heterocycles. The van der Waals surface area contributed by atoms with Crippen LogP contribution < -0.4 is 10.2 Å². The van der Waals surface area contributed by atoms with E-state index in [2.05, 4.69) is 10.5 Å². The van der Waals surface area contributed by atoms with E-state index < -0.39 is 22.3 Å². The molecule has 0 fully saturated rings. The molecule has 0 bridgehead atoms. The summed E-state index contributed by atoms with van der Waals surface area (Å²) in [6.07, 6.45) is 1.21. The van der Waals surface area contributed by atoms with E-state index in [1.54, 1.807) is 18.2 Å². The summed E-state index contributed by atoms with van der Waals surface area (Å²) in [5, 5.41) is 23.9. The van der Waals surface area contributed by atoms with Crippen molar-refractivity contribution in [2.24, 2.45) is 5.10 Å². The van der Waals surface area contributed by atoms with Gasteiger partial charge in [-0.05, 0) is 36.4 Å². The van der Waals surface area contributed by atoms with Crippen LogP contribution in [0.1, 0.15) is 21.9 Å². The predicted octanol–water partition coefficient (Wildman–Crippen LogP) is 3.24. The molecule has 9 nitrogen and oxygen atoms in total. The van der Waals surface area contributed by atoms with Crippen LogP contribution in [0.15, 0.2) is 70.2 Å². The zero-order chi connectivity index (χ0) is 19.9. The van der Waals surface area contributed by atoms with Gasteiger partial charge in [-0.15, -0.1) is 0 Å². The summed E-state index contributed by atoms with van der Waals surface area (Å²) in [5.74, 6) is 0.146. The molecular formula is C19H15N3O6. The molecular weight excluding hydrogens is 366 g/mol. The number of hydrogen-bond acceptors (Lipinski definition) is 7. The molecule has 0 radical (unpaired) electrons. The molecule has 1 heterocycles. The van der Waals surface area contributed by atoms with Gasteiger partial charge in [0.15, 0.2) is 11.5 Å². The Labute approximate surface area is 159 Å². The number of nitrogens with one attached hydrogen (secondary N) is 1. The molecule has 1 amide bonds. The number of carbonyl (C=O) groups excluding carboxylic acids is 1. The van der Waals surface area contributed by atoms with Gasteiger partial charge in [0.2, 0.25) is 0 Å². The van der Waals surface area contributed by atoms with Crippen molar-refractivity contribution in [2.45, 2.75) is 6.61 Å². The Morgan fingerprint density at radius 1 is 1.21 bits per heavy atom. The molecule has 0 aliphatic rings. The maximum absolute atomic E-state index is 12.0. The third-order valence-corrected chi connectivity index (χ3v) is 3.59. The monoisotopic (exact) mass is 381 g/mol. The second-order valence-electron chi connectivity index (χ2n) is 5.57. The van der Waals surface area contributed by atoms with Gasteiger partial charge in [-0.3, -0.25) is 14.9 Å². The molecule has 0 saturated carbocycles. The number of phenolic OH excluding ortho intramolecular Hbond substituents is 1. The molecule has 3 aromatic rings. The summed E-state index contributed by atoms with van der Waals surface area (Å²) < 4.78 is 10.9. The molecule has 142 valence electrons. The highest BCUT2D eigenvalue weighted by Gasteiger charge is 2.13. The molecule has 0 spiro atoms. The highest BCUT2D eigenvalue weighted by molar-refractivity contribution is 5.92. The lowest BCUT2D eigenvalue weighted by molar-refractivity contribution is -0.385. The van der Waals surface area contributed by atoms with E-state index in [0.29, 0.717) is 17.1 Å².